The van der Waals surface area contributed by atoms with Gasteiger partial charge in [-0.1, -0.05) is 17.7 Å². The van der Waals surface area contributed by atoms with Gasteiger partial charge in [0.1, 0.15) is 0 Å². The standard InChI is InChI=1S/C21H26ClF3N2O3/c1-2-30-13-3-10-26-20(29)16-8-11-27(12-9-16)19(28)7-5-15-4-6-18(22)17(14-15)21(23,24)25/h4-7,14,16H,2-3,8-13H2,1H3,(H,26,29)/b7-5+. The van der Waals surface area contributed by atoms with Crippen molar-refractivity contribution in [3.63, 3.8) is 0 Å². The van der Waals surface area contributed by atoms with Crippen LogP contribution in [0.2, 0.25) is 5.02 Å². The van der Waals surface area contributed by atoms with Crippen molar-refractivity contribution in [1.29, 1.82) is 0 Å². The quantitative estimate of drug-likeness (QED) is 0.482. The molecular weight excluding hydrogens is 421 g/mol. The van der Waals surface area contributed by atoms with Crippen molar-refractivity contribution in [2.24, 2.45) is 5.92 Å². The Balaban J connectivity index is 1.82. The summed E-state index contributed by atoms with van der Waals surface area (Å²) in [4.78, 5) is 26.1. The molecule has 166 valence electrons. The maximum Gasteiger partial charge on any atom is 0.417 e. The number of carbonyl (C=O) groups is 2. The summed E-state index contributed by atoms with van der Waals surface area (Å²) in [7, 11) is 0. The van der Waals surface area contributed by atoms with Gasteiger partial charge in [0.25, 0.3) is 0 Å². The minimum absolute atomic E-state index is 0.0185. The molecule has 1 aromatic carbocycles. The van der Waals surface area contributed by atoms with Gasteiger partial charge in [-0.05, 0) is 50.0 Å². The summed E-state index contributed by atoms with van der Waals surface area (Å²) in [5.74, 6) is -0.459. The summed E-state index contributed by atoms with van der Waals surface area (Å²) in [6.07, 6.45) is -0.118. The highest BCUT2D eigenvalue weighted by molar-refractivity contribution is 6.31. The first-order chi connectivity index (χ1) is 14.2. The van der Waals surface area contributed by atoms with Crippen molar-refractivity contribution in [1.82, 2.24) is 10.2 Å². The van der Waals surface area contributed by atoms with Crippen LogP contribution in [0.25, 0.3) is 6.08 Å². The molecule has 1 N–H and O–H groups in total. The Bertz CT molecular complexity index is 760. The van der Waals surface area contributed by atoms with E-state index in [1.54, 1.807) is 4.90 Å². The molecule has 5 nitrogen and oxygen atoms in total. The maximum absolute atomic E-state index is 12.9. The molecule has 0 aliphatic carbocycles. The summed E-state index contributed by atoms with van der Waals surface area (Å²) in [6.45, 7) is 4.58. The van der Waals surface area contributed by atoms with Crippen molar-refractivity contribution in [2.75, 3.05) is 32.8 Å². The molecule has 2 rings (SSSR count). The average Bonchev–Trinajstić information content (AvgIpc) is 2.72. The molecule has 0 radical (unpaired) electrons. The molecule has 0 bridgehead atoms. The Morgan fingerprint density at radius 3 is 2.63 bits per heavy atom. The van der Waals surface area contributed by atoms with Crippen molar-refractivity contribution in [2.45, 2.75) is 32.4 Å². The van der Waals surface area contributed by atoms with Crippen molar-refractivity contribution in [3.8, 4) is 0 Å². The third-order valence-electron chi connectivity index (χ3n) is 4.86. The van der Waals surface area contributed by atoms with Gasteiger partial charge >= 0.3 is 6.18 Å². The lowest BCUT2D eigenvalue weighted by atomic mass is 9.95. The second kappa shape index (κ2) is 11.4. The number of ether oxygens (including phenoxy) is 1. The van der Waals surface area contributed by atoms with Crippen LogP contribution in [0, 0.1) is 5.92 Å². The molecule has 1 saturated heterocycles. The zero-order valence-corrected chi connectivity index (χ0v) is 17.6. The topological polar surface area (TPSA) is 58.6 Å². The third-order valence-corrected chi connectivity index (χ3v) is 5.19. The number of likely N-dealkylation sites (tertiary alicyclic amines) is 1. The van der Waals surface area contributed by atoms with Crippen molar-refractivity contribution in [3.05, 3.63) is 40.4 Å². The van der Waals surface area contributed by atoms with E-state index in [4.69, 9.17) is 16.3 Å². The first kappa shape index (κ1) is 24.2. The van der Waals surface area contributed by atoms with Crippen molar-refractivity contribution < 1.29 is 27.5 Å². The SMILES string of the molecule is CCOCCCNC(=O)C1CCN(C(=O)/C=C/c2ccc(Cl)c(C(F)(F)F)c2)CC1. The number of hydrogen-bond acceptors (Lipinski definition) is 3. The van der Waals surface area contributed by atoms with Gasteiger partial charge in [0.05, 0.1) is 10.6 Å². The molecule has 9 heteroatoms. The van der Waals surface area contributed by atoms with Gasteiger partial charge < -0.3 is 15.0 Å². The average molecular weight is 447 g/mol. The smallest absolute Gasteiger partial charge is 0.382 e. The zero-order valence-electron chi connectivity index (χ0n) is 16.8. The second-order valence-corrected chi connectivity index (χ2v) is 7.42. The summed E-state index contributed by atoms with van der Waals surface area (Å²) in [5.41, 5.74) is -0.701. The van der Waals surface area contributed by atoms with E-state index in [9.17, 15) is 22.8 Å². The van der Waals surface area contributed by atoms with Crippen LogP contribution in [0.4, 0.5) is 13.2 Å². The molecule has 0 spiro atoms. The van der Waals surface area contributed by atoms with Crippen LogP contribution < -0.4 is 5.32 Å². The molecule has 0 saturated carbocycles. The van der Waals surface area contributed by atoms with E-state index in [2.05, 4.69) is 5.32 Å². The maximum atomic E-state index is 12.9. The number of alkyl halides is 3. The van der Waals surface area contributed by atoms with Crippen LogP contribution in [0.3, 0.4) is 0 Å². The summed E-state index contributed by atoms with van der Waals surface area (Å²) < 4.78 is 44.0. The van der Waals surface area contributed by atoms with E-state index in [1.807, 2.05) is 6.92 Å². The summed E-state index contributed by atoms with van der Waals surface area (Å²) in [5, 5.41) is 2.50. The highest BCUT2D eigenvalue weighted by Gasteiger charge is 2.33. The highest BCUT2D eigenvalue weighted by atomic mass is 35.5. The number of hydrogen-bond donors (Lipinski definition) is 1. The van der Waals surface area contributed by atoms with Gasteiger partial charge in [-0.3, -0.25) is 9.59 Å². The summed E-state index contributed by atoms with van der Waals surface area (Å²) >= 11 is 5.60. The molecule has 2 amide bonds. The van der Waals surface area contributed by atoms with Crippen LogP contribution >= 0.6 is 11.6 Å². The van der Waals surface area contributed by atoms with E-state index in [0.29, 0.717) is 45.7 Å². The molecule has 1 heterocycles. The van der Waals surface area contributed by atoms with Gasteiger partial charge in [-0.25, -0.2) is 0 Å². The van der Waals surface area contributed by atoms with Crippen LogP contribution in [0.5, 0.6) is 0 Å². The van der Waals surface area contributed by atoms with Crippen LogP contribution in [-0.4, -0.2) is 49.6 Å². The van der Waals surface area contributed by atoms with E-state index in [-0.39, 0.29) is 28.3 Å². The van der Waals surface area contributed by atoms with Gasteiger partial charge in [0.2, 0.25) is 11.8 Å². The van der Waals surface area contributed by atoms with Crippen LogP contribution in [0.1, 0.15) is 37.3 Å². The third kappa shape index (κ3) is 7.32. The lowest BCUT2D eigenvalue weighted by Gasteiger charge is -2.30. The fourth-order valence-corrected chi connectivity index (χ4v) is 3.40. The fourth-order valence-electron chi connectivity index (χ4n) is 3.17. The highest BCUT2D eigenvalue weighted by Crippen LogP contribution is 2.35. The molecule has 1 aliphatic heterocycles. The number of nitrogens with one attached hydrogen (secondary N) is 1. The minimum atomic E-state index is -4.56. The van der Waals surface area contributed by atoms with Crippen molar-refractivity contribution >= 4 is 29.5 Å². The lowest BCUT2D eigenvalue weighted by Crippen LogP contribution is -2.42. The van der Waals surface area contributed by atoms with Gasteiger partial charge in [-0.2, -0.15) is 13.2 Å². The monoisotopic (exact) mass is 446 g/mol. The Labute approximate surface area is 179 Å². The Morgan fingerprint density at radius 2 is 2.00 bits per heavy atom. The Hall–Kier alpha value is -2.06. The predicted molar refractivity (Wildman–Crippen MR) is 109 cm³/mol. The number of carbonyl (C=O) groups excluding carboxylic acids is 2. The zero-order chi connectivity index (χ0) is 22.1. The van der Waals surface area contributed by atoms with Gasteiger partial charge in [0.15, 0.2) is 0 Å². The van der Waals surface area contributed by atoms with E-state index >= 15 is 0 Å². The number of rotatable bonds is 8. The normalized spacial score (nSPS) is 15.6. The lowest BCUT2D eigenvalue weighted by molar-refractivity contribution is -0.137. The van der Waals surface area contributed by atoms with Gasteiger partial charge in [0, 0.05) is 44.8 Å². The van der Waals surface area contributed by atoms with E-state index < -0.39 is 11.7 Å². The molecular formula is C21H26ClF3N2O3. The molecule has 0 unspecified atom stereocenters. The minimum Gasteiger partial charge on any atom is -0.382 e. The number of piperidine rings is 1. The Kier molecular flexibility index (Phi) is 9.17. The fraction of sp³-hybridized carbons (Fsp3) is 0.524. The Morgan fingerprint density at radius 1 is 1.30 bits per heavy atom. The largest absolute Gasteiger partial charge is 0.417 e. The first-order valence-corrected chi connectivity index (χ1v) is 10.3. The first-order valence-electron chi connectivity index (χ1n) is 9.91. The van der Waals surface area contributed by atoms with Crippen LogP contribution in [-0.2, 0) is 20.5 Å². The molecule has 1 fully saturated rings. The van der Waals surface area contributed by atoms with E-state index in [1.165, 1.54) is 18.2 Å². The number of benzene rings is 1. The molecule has 1 aromatic rings. The number of amides is 2. The second-order valence-electron chi connectivity index (χ2n) is 7.01. The molecule has 0 atom stereocenters. The number of halogens is 4. The van der Waals surface area contributed by atoms with Gasteiger partial charge in [-0.15, -0.1) is 0 Å². The van der Waals surface area contributed by atoms with E-state index in [0.717, 1.165) is 18.6 Å². The number of nitrogens with zero attached hydrogens (tertiary/aromatic N) is 1. The van der Waals surface area contributed by atoms with Crippen LogP contribution in [0.15, 0.2) is 24.3 Å². The predicted octanol–water partition coefficient (Wildman–Crippen LogP) is 4.15. The molecule has 30 heavy (non-hydrogen) atoms. The molecule has 0 aromatic heterocycles. The molecule has 1 aliphatic rings. The summed E-state index contributed by atoms with van der Waals surface area (Å²) in [6, 6.07) is 3.49.